The van der Waals surface area contributed by atoms with Crippen molar-refractivity contribution in [2.45, 2.75) is 115 Å². The van der Waals surface area contributed by atoms with Crippen LogP contribution >= 0.6 is 0 Å². The van der Waals surface area contributed by atoms with Crippen molar-refractivity contribution in [3.05, 3.63) is 89.0 Å². The minimum Gasteiger partial charge on any atom is -0.497 e. The van der Waals surface area contributed by atoms with Gasteiger partial charge in [-0.2, -0.15) is 12.7 Å². The Kier molecular flexibility index (Phi) is 10.1. The maximum Gasteiger partial charge on any atom is 0.303 e. The monoisotopic (exact) mass is 765 g/mol. The molecule has 8 rings (SSSR count). The van der Waals surface area contributed by atoms with Gasteiger partial charge in [-0.3, -0.25) is 9.59 Å². The molecule has 5 unspecified atom stereocenters. The quantitative estimate of drug-likeness (QED) is 0.165. The fourth-order valence-corrected chi connectivity index (χ4v) is 10.5. The van der Waals surface area contributed by atoms with Crippen LogP contribution in [0.5, 0.6) is 5.75 Å². The van der Waals surface area contributed by atoms with E-state index in [1.165, 1.54) is 31.6 Å². The van der Waals surface area contributed by atoms with Gasteiger partial charge in [0.15, 0.2) is 0 Å². The topological polar surface area (TPSA) is 113 Å². The molecule has 0 bridgehead atoms. The van der Waals surface area contributed by atoms with Crippen molar-refractivity contribution in [3.63, 3.8) is 0 Å². The molecule has 2 aliphatic heterocycles. The van der Waals surface area contributed by atoms with Gasteiger partial charge < -0.3 is 19.5 Å². The van der Waals surface area contributed by atoms with Crippen LogP contribution in [0, 0.1) is 5.41 Å². The van der Waals surface area contributed by atoms with E-state index in [2.05, 4.69) is 69.8 Å². The number of benzene rings is 3. The summed E-state index contributed by atoms with van der Waals surface area (Å²) in [6.07, 6.45) is 9.28. The molecule has 2 saturated carbocycles. The largest absolute Gasteiger partial charge is 0.497 e. The zero-order valence-corrected chi connectivity index (χ0v) is 33.6. The number of carbonyl (C=O) groups excluding carboxylic acids is 2. The van der Waals surface area contributed by atoms with E-state index in [9.17, 15) is 13.2 Å². The Hall–Kier alpha value is -4.19. The highest BCUT2D eigenvalue weighted by molar-refractivity contribution is 7.87. The summed E-state index contributed by atoms with van der Waals surface area (Å²) in [5, 5.41) is 4.78. The van der Waals surface area contributed by atoms with Gasteiger partial charge in [0.25, 0.3) is 5.91 Å². The lowest BCUT2D eigenvalue weighted by Gasteiger charge is -2.34. The first kappa shape index (κ1) is 37.7. The second kappa shape index (κ2) is 14.7. The molecule has 2 amide bonds. The lowest BCUT2D eigenvalue weighted by Crippen LogP contribution is -2.47. The molecule has 3 heterocycles. The van der Waals surface area contributed by atoms with Gasteiger partial charge in [0.2, 0.25) is 5.91 Å². The highest BCUT2D eigenvalue weighted by Crippen LogP contribution is 2.66. The number of methoxy groups -OCH3 is 1. The molecular weight excluding hydrogens is 711 g/mol. The molecule has 1 aromatic heterocycles. The Balaban J connectivity index is 1.21. The molecule has 5 atom stereocenters. The Morgan fingerprint density at radius 3 is 2.47 bits per heavy atom. The second-order valence-electron chi connectivity index (χ2n) is 16.8. The third-order valence-corrected chi connectivity index (χ3v) is 14.5. The van der Waals surface area contributed by atoms with Gasteiger partial charge in [0.1, 0.15) is 5.75 Å². The summed E-state index contributed by atoms with van der Waals surface area (Å²) in [4.78, 5) is 31.2. The Morgan fingerprint density at radius 2 is 1.75 bits per heavy atom. The van der Waals surface area contributed by atoms with Crippen LogP contribution in [0.25, 0.3) is 22.2 Å². The van der Waals surface area contributed by atoms with Gasteiger partial charge in [-0.05, 0) is 105 Å². The van der Waals surface area contributed by atoms with Crippen molar-refractivity contribution in [1.29, 1.82) is 0 Å². The fourth-order valence-electron chi connectivity index (χ4n) is 10.00. The maximum atomic E-state index is 15.4. The van der Waals surface area contributed by atoms with E-state index in [4.69, 9.17) is 4.74 Å². The van der Waals surface area contributed by atoms with Crippen LogP contribution in [0.1, 0.15) is 111 Å². The predicted octanol–water partition coefficient (Wildman–Crippen LogP) is 7.34. The molecule has 3 fully saturated rings. The second-order valence-corrected chi connectivity index (χ2v) is 18.7. The Morgan fingerprint density at radius 1 is 0.982 bits per heavy atom. The molecule has 2 N–H and O–H groups in total. The van der Waals surface area contributed by atoms with Crippen LogP contribution in [0.4, 0.5) is 0 Å². The number of hydrogen-bond acceptors (Lipinski definition) is 6. The summed E-state index contributed by atoms with van der Waals surface area (Å²) in [5.74, 6) is 0.685. The van der Waals surface area contributed by atoms with Gasteiger partial charge in [-0.25, -0.2) is 4.72 Å². The highest BCUT2D eigenvalue weighted by Gasteiger charge is 2.65. The zero-order valence-electron chi connectivity index (χ0n) is 32.8. The summed E-state index contributed by atoms with van der Waals surface area (Å²) in [7, 11) is 0.493. The molecule has 2 aliphatic carbocycles. The lowest BCUT2D eigenvalue weighted by atomic mass is 9.81. The molecule has 3 aromatic carbocycles. The predicted molar refractivity (Wildman–Crippen MR) is 216 cm³/mol. The number of likely N-dealkylation sites (tertiary alicyclic amines) is 1. The Bertz CT molecular complexity index is 2210. The smallest absolute Gasteiger partial charge is 0.303 e. The molecule has 11 heteroatoms. The van der Waals surface area contributed by atoms with Gasteiger partial charge >= 0.3 is 10.2 Å². The van der Waals surface area contributed by atoms with Crippen molar-refractivity contribution >= 4 is 32.9 Å². The van der Waals surface area contributed by atoms with E-state index in [1.54, 1.807) is 13.2 Å². The van der Waals surface area contributed by atoms with Crippen molar-refractivity contribution in [1.82, 2.24) is 23.8 Å². The normalized spacial score (nSPS) is 24.2. The van der Waals surface area contributed by atoms with Crippen molar-refractivity contribution in [2.24, 2.45) is 5.41 Å². The minimum atomic E-state index is -3.99. The van der Waals surface area contributed by atoms with Gasteiger partial charge in [-0.15, -0.1) is 0 Å². The van der Waals surface area contributed by atoms with Gasteiger partial charge in [0, 0.05) is 73.3 Å². The van der Waals surface area contributed by atoms with Crippen LogP contribution in [0.2, 0.25) is 0 Å². The van der Waals surface area contributed by atoms with E-state index in [0.29, 0.717) is 12.5 Å². The summed E-state index contributed by atoms with van der Waals surface area (Å²) >= 11 is 0. The summed E-state index contributed by atoms with van der Waals surface area (Å²) in [5.41, 5.74) is 6.42. The molecule has 4 aliphatic rings. The molecule has 55 heavy (non-hydrogen) atoms. The van der Waals surface area contributed by atoms with E-state index in [1.807, 2.05) is 24.3 Å². The van der Waals surface area contributed by atoms with Crippen LogP contribution in [0.15, 0.2) is 66.7 Å². The first-order valence-corrected chi connectivity index (χ1v) is 21.5. The molecule has 0 spiro atoms. The van der Waals surface area contributed by atoms with Crippen LogP contribution in [-0.4, -0.2) is 73.3 Å². The third kappa shape index (κ3) is 6.86. The van der Waals surface area contributed by atoms with Crippen LogP contribution < -0.4 is 14.8 Å². The highest BCUT2D eigenvalue weighted by atomic mass is 32.2. The molecule has 10 nitrogen and oxygen atoms in total. The standard InChI is InChI=1S/C44H55N5O5S/c1-28(45-26-30-12-8-6-9-13-30)22-33-18-16-29(2)49(33)43(51)44-25-38(44)37-24-34(54-5)19-21-35(37)41-40(31-14-10-7-11-15-31)36-20-17-32(23-39(36)48(41)27-44)42(50)46-55(52,53)47(3)4/h6,8-9,12-13,17,19-21,23-24,28-29,31,33,38,45H,7,10-11,14-16,18,22,25-27H2,1-5H3,(H,46,50). The molecule has 292 valence electrons. The number of fused-ring (bicyclic) bond motifs is 7. The van der Waals surface area contributed by atoms with E-state index in [0.717, 1.165) is 95.7 Å². The summed E-state index contributed by atoms with van der Waals surface area (Å²) in [6, 6.07) is 22.9. The third-order valence-electron chi connectivity index (χ3n) is 13.1. The average molecular weight is 766 g/mol. The van der Waals surface area contributed by atoms with E-state index >= 15 is 4.79 Å². The van der Waals surface area contributed by atoms with E-state index < -0.39 is 21.5 Å². The lowest BCUT2D eigenvalue weighted by molar-refractivity contribution is -0.140. The average Bonchev–Trinajstić information content (AvgIpc) is 3.72. The number of aromatic nitrogens is 1. The SMILES string of the molecule is COc1ccc2c(c1)C1CC1(C(=O)N1C(C)CCC1CC(C)NCc1ccccc1)Cn1c-2c(C2CCCCC2)c2ccc(C(=O)NS(=O)(=O)N(C)C)cc21. The van der Waals surface area contributed by atoms with Crippen molar-refractivity contribution < 1.29 is 22.7 Å². The number of ether oxygens (including phenoxy) is 1. The number of hydrogen-bond donors (Lipinski definition) is 2. The Labute approximate surface area is 325 Å². The maximum absolute atomic E-state index is 15.4. The number of rotatable bonds is 11. The van der Waals surface area contributed by atoms with E-state index in [-0.39, 0.29) is 35.5 Å². The zero-order chi connectivity index (χ0) is 38.6. The molecule has 4 aromatic rings. The van der Waals surface area contributed by atoms with Crippen LogP contribution in [0.3, 0.4) is 0 Å². The molecule has 1 saturated heterocycles. The van der Waals surface area contributed by atoms with Gasteiger partial charge in [0.05, 0.1) is 18.2 Å². The summed E-state index contributed by atoms with van der Waals surface area (Å²) in [6.45, 7) is 5.71. The van der Waals surface area contributed by atoms with Crippen LogP contribution in [-0.2, 0) is 28.1 Å². The van der Waals surface area contributed by atoms with Crippen molar-refractivity contribution in [3.8, 4) is 17.0 Å². The number of nitrogens with zero attached hydrogens (tertiary/aromatic N) is 3. The first-order chi connectivity index (χ1) is 26.4. The number of nitrogens with one attached hydrogen (secondary N) is 2. The van der Waals surface area contributed by atoms with Gasteiger partial charge in [-0.1, -0.05) is 55.7 Å². The number of carbonyl (C=O) groups is 2. The summed E-state index contributed by atoms with van der Waals surface area (Å²) < 4.78 is 36.7. The number of amides is 2. The molecule has 0 radical (unpaired) electrons. The van der Waals surface area contributed by atoms with Crippen molar-refractivity contribution in [2.75, 3.05) is 21.2 Å². The minimum absolute atomic E-state index is 0.0260. The molecular formula is C44H55N5O5S. The fraction of sp³-hybridized carbons (Fsp3) is 0.500. The first-order valence-electron chi connectivity index (χ1n) is 20.1.